The van der Waals surface area contributed by atoms with E-state index in [1.165, 1.54) is 11.3 Å². The van der Waals surface area contributed by atoms with Crippen LogP contribution in [0.4, 0.5) is 17.7 Å². The normalized spacial score (nSPS) is 15.8. The van der Waals surface area contributed by atoms with Crippen molar-refractivity contribution < 1.29 is 4.42 Å². The van der Waals surface area contributed by atoms with Gasteiger partial charge in [0.05, 0.1) is 0 Å². The number of aryl methyl sites for hydroxylation is 1. The van der Waals surface area contributed by atoms with Crippen LogP contribution >= 0.6 is 0 Å². The van der Waals surface area contributed by atoms with Crippen molar-refractivity contribution in [2.45, 2.75) is 6.92 Å². The highest BCUT2D eigenvalue weighted by Crippen LogP contribution is 2.20. The van der Waals surface area contributed by atoms with Crippen molar-refractivity contribution in [1.82, 2.24) is 10.2 Å². The van der Waals surface area contributed by atoms with Crippen molar-refractivity contribution in [2.75, 3.05) is 41.7 Å². The summed E-state index contributed by atoms with van der Waals surface area (Å²) in [5.41, 5.74) is 7.99. The third kappa shape index (κ3) is 2.47. The molecule has 0 aliphatic carbocycles. The van der Waals surface area contributed by atoms with Gasteiger partial charge >= 0.3 is 12.0 Å². The highest BCUT2D eigenvalue weighted by atomic mass is 16.4. The topological polar surface area (TPSA) is 71.4 Å². The van der Waals surface area contributed by atoms with Crippen molar-refractivity contribution in [2.24, 2.45) is 0 Å². The molecule has 19 heavy (non-hydrogen) atoms. The van der Waals surface area contributed by atoms with E-state index in [4.69, 9.17) is 10.2 Å². The van der Waals surface area contributed by atoms with Crippen LogP contribution in [0, 0.1) is 6.92 Å². The molecule has 2 N–H and O–H groups in total. The fourth-order valence-electron chi connectivity index (χ4n) is 2.33. The highest BCUT2D eigenvalue weighted by Gasteiger charge is 2.21. The van der Waals surface area contributed by atoms with Crippen LogP contribution in [0.3, 0.4) is 0 Å². The van der Waals surface area contributed by atoms with Gasteiger partial charge in [0, 0.05) is 31.9 Å². The van der Waals surface area contributed by atoms with Crippen molar-refractivity contribution in [3.8, 4) is 0 Å². The molecule has 0 unspecified atom stereocenters. The molecule has 3 rings (SSSR count). The molecule has 0 saturated carbocycles. The second kappa shape index (κ2) is 4.79. The largest absolute Gasteiger partial charge is 0.390 e. The molecule has 2 heterocycles. The smallest absolute Gasteiger partial charge is 0.319 e. The van der Waals surface area contributed by atoms with Gasteiger partial charge in [-0.25, -0.2) is 0 Å². The van der Waals surface area contributed by atoms with Gasteiger partial charge in [0.2, 0.25) is 0 Å². The third-order valence-electron chi connectivity index (χ3n) is 3.35. The maximum Gasteiger partial charge on any atom is 0.319 e. The average molecular weight is 259 g/mol. The number of nitrogen functional groups attached to an aromatic ring is 1. The van der Waals surface area contributed by atoms with E-state index in [2.05, 4.69) is 51.2 Å². The first-order chi connectivity index (χ1) is 9.22. The maximum atomic E-state index is 5.44. The van der Waals surface area contributed by atoms with Crippen LogP contribution in [0.5, 0.6) is 0 Å². The number of benzene rings is 1. The third-order valence-corrected chi connectivity index (χ3v) is 3.35. The zero-order valence-corrected chi connectivity index (χ0v) is 10.9. The summed E-state index contributed by atoms with van der Waals surface area (Å²) in [6.45, 7) is 5.70. The van der Waals surface area contributed by atoms with Gasteiger partial charge in [-0.1, -0.05) is 22.3 Å². The van der Waals surface area contributed by atoms with Crippen LogP contribution in [-0.4, -0.2) is 36.4 Å². The number of nitrogens with zero attached hydrogens (tertiary/aromatic N) is 4. The molecule has 0 radical (unpaired) electrons. The number of aromatic nitrogens is 2. The van der Waals surface area contributed by atoms with E-state index < -0.39 is 0 Å². The number of anilines is 3. The molecule has 6 heteroatoms. The number of rotatable bonds is 2. The summed E-state index contributed by atoms with van der Waals surface area (Å²) < 4.78 is 5.25. The van der Waals surface area contributed by atoms with Gasteiger partial charge in [-0.3, -0.25) is 0 Å². The standard InChI is InChI=1S/C13H17N5O/c1-10-3-2-4-11(9-10)17-5-7-18(8-6-17)13-16-15-12(14)19-13/h2-4,9H,5-8H2,1H3,(H2,14,15). The SMILES string of the molecule is Cc1cccc(N2CCN(c3nnc(N)o3)CC2)c1. The molecule has 1 aliphatic heterocycles. The predicted molar refractivity (Wildman–Crippen MR) is 74.3 cm³/mol. The summed E-state index contributed by atoms with van der Waals surface area (Å²) in [7, 11) is 0. The Kier molecular flexibility index (Phi) is 2.98. The van der Waals surface area contributed by atoms with E-state index in [-0.39, 0.29) is 6.01 Å². The Morgan fingerprint density at radius 2 is 1.84 bits per heavy atom. The Bertz CT molecular complexity index is 560. The second-order valence-electron chi connectivity index (χ2n) is 4.74. The van der Waals surface area contributed by atoms with E-state index in [0.29, 0.717) is 6.01 Å². The lowest BCUT2D eigenvalue weighted by atomic mass is 10.2. The quantitative estimate of drug-likeness (QED) is 0.876. The highest BCUT2D eigenvalue weighted by molar-refractivity contribution is 5.50. The Balaban J connectivity index is 1.66. The molecule has 1 aromatic carbocycles. The summed E-state index contributed by atoms with van der Waals surface area (Å²) in [5, 5.41) is 7.60. The molecule has 1 aromatic heterocycles. The van der Waals surface area contributed by atoms with Gasteiger partial charge in [-0.05, 0) is 24.6 Å². The van der Waals surface area contributed by atoms with Crippen LogP contribution in [0.15, 0.2) is 28.7 Å². The van der Waals surface area contributed by atoms with Crippen LogP contribution in [-0.2, 0) is 0 Å². The Labute approximate surface area is 111 Å². The van der Waals surface area contributed by atoms with Gasteiger partial charge in [0.25, 0.3) is 0 Å². The second-order valence-corrected chi connectivity index (χ2v) is 4.74. The number of piperazine rings is 1. The minimum Gasteiger partial charge on any atom is -0.390 e. The molecule has 100 valence electrons. The minimum absolute atomic E-state index is 0.121. The van der Waals surface area contributed by atoms with Crippen molar-refractivity contribution in [3.63, 3.8) is 0 Å². The lowest BCUT2D eigenvalue weighted by Crippen LogP contribution is -2.46. The predicted octanol–water partition coefficient (Wildman–Crippen LogP) is 1.29. The van der Waals surface area contributed by atoms with E-state index in [1.807, 2.05) is 0 Å². The van der Waals surface area contributed by atoms with Crippen LogP contribution in [0.2, 0.25) is 0 Å². The maximum absolute atomic E-state index is 5.44. The zero-order valence-electron chi connectivity index (χ0n) is 10.9. The van der Waals surface area contributed by atoms with Gasteiger partial charge in [0.1, 0.15) is 0 Å². The van der Waals surface area contributed by atoms with Crippen LogP contribution in [0.25, 0.3) is 0 Å². The van der Waals surface area contributed by atoms with E-state index in [9.17, 15) is 0 Å². The lowest BCUT2D eigenvalue weighted by molar-refractivity contribution is 0.527. The molecule has 2 aromatic rings. The molecule has 6 nitrogen and oxygen atoms in total. The van der Waals surface area contributed by atoms with Gasteiger partial charge in [0.15, 0.2) is 0 Å². The molecule has 0 bridgehead atoms. The van der Waals surface area contributed by atoms with Crippen molar-refractivity contribution in [3.05, 3.63) is 29.8 Å². The summed E-state index contributed by atoms with van der Waals surface area (Å²) in [6, 6.07) is 9.20. The summed E-state index contributed by atoms with van der Waals surface area (Å²) >= 11 is 0. The summed E-state index contributed by atoms with van der Waals surface area (Å²) in [5.74, 6) is 0. The van der Waals surface area contributed by atoms with Crippen molar-refractivity contribution in [1.29, 1.82) is 0 Å². The first-order valence-corrected chi connectivity index (χ1v) is 6.38. The first kappa shape index (κ1) is 11.8. The Hall–Kier alpha value is -2.24. The first-order valence-electron chi connectivity index (χ1n) is 6.38. The number of hydrogen-bond donors (Lipinski definition) is 1. The average Bonchev–Trinajstić information content (AvgIpc) is 2.86. The molecule has 1 saturated heterocycles. The molecular weight excluding hydrogens is 242 g/mol. The molecule has 0 spiro atoms. The molecular formula is C13H17N5O. The molecule has 0 atom stereocenters. The molecule has 1 fully saturated rings. The van der Waals surface area contributed by atoms with E-state index in [0.717, 1.165) is 26.2 Å². The molecule has 1 aliphatic rings. The fourth-order valence-corrected chi connectivity index (χ4v) is 2.33. The van der Waals surface area contributed by atoms with Crippen LogP contribution < -0.4 is 15.5 Å². The van der Waals surface area contributed by atoms with E-state index >= 15 is 0 Å². The van der Waals surface area contributed by atoms with Gasteiger partial charge < -0.3 is 20.0 Å². The monoisotopic (exact) mass is 259 g/mol. The summed E-state index contributed by atoms with van der Waals surface area (Å²) in [6.07, 6.45) is 0. The number of hydrogen-bond acceptors (Lipinski definition) is 6. The minimum atomic E-state index is 0.121. The van der Waals surface area contributed by atoms with Gasteiger partial charge in [-0.2, -0.15) is 0 Å². The Morgan fingerprint density at radius 1 is 1.11 bits per heavy atom. The van der Waals surface area contributed by atoms with Crippen LogP contribution in [0.1, 0.15) is 5.56 Å². The summed E-state index contributed by atoms with van der Waals surface area (Å²) in [4.78, 5) is 4.43. The zero-order chi connectivity index (χ0) is 13.2. The van der Waals surface area contributed by atoms with Crippen molar-refractivity contribution >= 4 is 17.7 Å². The fraction of sp³-hybridized carbons (Fsp3) is 0.385. The number of nitrogens with two attached hydrogens (primary N) is 1. The van der Waals surface area contributed by atoms with E-state index in [1.54, 1.807) is 0 Å². The van der Waals surface area contributed by atoms with Gasteiger partial charge in [-0.15, -0.1) is 0 Å². The molecule has 0 amide bonds. The lowest BCUT2D eigenvalue weighted by Gasteiger charge is -2.35. The Morgan fingerprint density at radius 3 is 2.47 bits per heavy atom.